The summed E-state index contributed by atoms with van der Waals surface area (Å²) in [5.41, 5.74) is 3.61. The predicted octanol–water partition coefficient (Wildman–Crippen LogP) is 6.72. The normalized spacial score (nSPS) is 14.6. The molecule has 9 heteroatoms. The van der Waals surface area contributed by atoms with E-state index in [0.29, 0.717) is 21.8 Å². The van der Waals surface area contributed by atoms with Crippen molar-refractivity contribution < 1.29 is 18.8 Å². The minimum atomic E-state index is -0.537. The molecule has 38 heavy (non-hydrogen) atoms. The molecule has 0 bridgehead atoms. The second-order valence-electron chi connectivity index (χ2n) is 8.80. The van der Waals surface area contributed by atoms with Gasteiger partial charge in [0.2, 0.25) is 5.91 Å². The van der Waals surface area contributed by atoms with Crippen LogP contribution < -0.4 is 5.32 Å². The highest BCUT2D eigenvalue weighted by Gasteiger charge is 2.36. The van der Waals surface area contributed by atoms with Crippen LogP contribution in [-0.4, -0.2) is 33.1 Å². The lowest BCUT2D eigenvalue weighted by atomic mass is 10.1. The van der Waals surface area contributed by atoms with Gasteiger partial charge in [-0.15, -0.1) is 0 Å². The zero-order chi connectivity index (χ0) is 26.8. The van der Waals surface area contributed by atoms with E-state index in [1.165, 1.54) is 6.07 Å². The molecule has 192 valence electrons. The van der Waals surface area contributed by atoms with Gasteiger partial charge in [-0.05, 0) is 60.2 Å². The fourth-order valence-electron chi connectivity index (χ4n) is 4.32. The number of hydrogen-bond acceptors (Lipinski definition) is 4. The van der Waals surface area contributed by atoms with Crippen LogP contribution in [0.3, 0.4) is 0 Å². The van der Waals surface area contributed by atoms with Gasteiger partial charge in [-0.3, -0.25) is 19.3 Å². The maximum absolute atomic E-state index is 14.5. The van der Waals surface area contributed by atoms with E-state index in [4.69, 9.17) is 11.6 Å². The van der Waals surface area contributed by atoms with Crippen molar-refractivity contribution in [2.24, 2.45) is 0 Å². The maximum Gasteiger partial charge on any atom is 0.294 e. The van der Waals surface area contributed by atoms with Crippen LogP contribution in [0.4, 0.5) is 14.9 Å². The number of rotatable bonds is 7. The van der Waals surface area contributed by atoms with Gasteiger partial charge in [-0.1, -0.05) is 54.9 Å². The van der Waals surface area contributed by atoms with Crippen LogP contribution in [0.15, 0.2) is 77.8 Å². The third-order valence-corrected chi connectivity index (χ3v) is 7.58. The summed E-state index contributed by atoms with van der Waals surface area (Å²) in [5.74, 6) is -1.40. The number of anilines is 1. The fraction of sp³-hybridized carbons (Fsp3) is 0.138. The lowest BCUT2D eigenvalue weighted by Crippen LogP contribution is -2.36. The van der Waals surface area contributed by atoms with Crippen molar-refractivity contribution in [1.29, 1.82) is 0 Å². The van der Waals surface area contributed by atoms with Crippen LogP contribution >= 0.6 is 23.4 Å². The Morgan fingerprint density at radius 3 is 2.55 bits per heavy atom. The Morgan fingerprint density at radius 1 is 1.05 bits per heavy atom. The molecule has 1 aromatic heterocycles. The number of thioether (sulfide) groups is 1. The number of amides is 3. The summed E-state index contributed by atoms with van der Waals surface area (Å²) in [4.78, 5) is 39.4. The molecule has 3 amide bonds. The number of aryl methyl sites for hydroxylation is 1. The molecule has 6 nitrogen and oxygen atoms in total. The molecule has 0 unspecified atom stereocenters. The largest absolute Gasteiger partial charge is 0.342 e. The zero-order valence-corrected chi connectivity index (χ0v) is 22.0. The average Bonchev–Trinajstić information content (AvgIpc) is 3.38. The molecule has 5 rings (SSSR count). The molecule has 0 saturated carbocycles. The van der Waals surface area contributed by atoms with Gasteiger partial charge >= 0.3 is 0 Å². The zero-order valence-electron chi connectivity index (χ0n) is 20.4. The van der Waals surface area contributed by atoms with E-state index < -0.39 is 22.9 Å². The van der Waals surface area contributed by atoms with Crippen LogP contribution in [-0.2, 0) is 22.6 Å². The molecule has 1 saturated heterocycles. The Balaban J connectivity index is 1.37. The summed E-state index contributed by atoms with van der Waals surface area (Å²) in [5, 5.41) is 3.37. The van der Waals surface area contributed by atoms with Gasteiger partial charge in [0, 0.05) is 38.9 Å². The van der Waals surface area contributed by atoms with Crippen LogP contribution in [0.5, 0.6) is 0 Å². The van der Waals surface area contributed by atoms with Crippen molar-refractivity contribution in [3.63, 3.8) is 0 Å². The Morgan fingerprint density at radius 2 is 1.82 bits per heavy atom. The average molecular weight is 548 g/mol. The summed E-state index contributed by atoms with van der Waals surface area (Å²) in [6.07, 6.45) is 4.31. The molecule has 3 aromatic carbocycles. The number of halogens is 2. The number of aromatic nitrogens is 1. The van der Waals surface area contributed by atoms with Crippen molar-refractivity contribution in [3.05, 3.63) is 105 Å². The van der Waals surface area contributed by atoms with Crippen molar-refractivity contribution in [1.82, 2.24) is 9.47 Å². The van der Waals surface area contributed by atoms with E-state index in [1.807, 2.05) is 47.9 Å². The van der Waals surface area contributed by atoms with Crippen molar-refractivity contribution in [2.75, 3.05) is 11.9 Å². The molecule has 1 N–H and O–H groups in total. The quantitative estimate of drug-likeness (QED) is 0.261. The highest BCUT2D eigenvalue weighted by molar-refractivity contribution is 8.18. The van der Waals surface area contributed by atoms with Gasteiger partial charge in [-0.25, -0.2) is 4.39 Å². The summed E-state index contributed by atoms with van der Waals surface area (Å²) in [7, 11) is 0. The van der Waals surface area contributed by atoms with Gasteiger partial charge in [0.25, 0.3) is 11.1 Å². The Hall–Kier alpha value is -3.88. The van der Waals surface area contributed by atoms with Crippen LogP contribution in [0.1, 0.15) is 23.6 Å². The first-order chi connectivity index (χ1) is 18.3. The number of carbonyl (C=O) groups excluding carboxylic acids is 3. The summed E-state index contributed by atoms with van der Waals surface area (Å²) >= 11 is 7.03. The number of nitrogens with one attached hydrogen (secondary N) is 1. The van der Waals surface area contributed by atoms with Gasteiger partial charge in [0.15, 0.2) is 0 Å². The molecule has 1 aliphatic heterocycles. The van der Waals surface area contributed by atoms with Crippen molar-refractivity contribution in [3.8, 4) is 0 Å². The van der Waals surface area contributed by atoms with E-state index in [9.17, 15) is 18.8 Å². The molecule has 4 aromatic rings. The van der Waals surface area contributed by atoms with E-state index in [1.54, 1.807) is 36.5 Å². The number of para-hydroxylation sites is 1. The van der Waals surface area contributed by atoms with Crippen LogP contribution in [0, 0.1) is 5.82 Å². The number of benzene rings is 3. The topological polar surface area (TPSA) is 71.4 Å². The number of carbonyl (C=O) groups is 3. The van der Waals surface area contributed by atoms with E-state index >= 15 is 0 Å². The molecular formula is C29H23ClFN3O3S. The molecule has 1 fully saturated rings. The van der Waals surface area contributed by atoms with Gasteiger partial charge in [0.1, 0.15) is 12.4 Å². The van der Waals surface area contributed by atoms with Crippen LogP contribution in [0.2, 0.25) is 5.02 Å². The SMILES string of the molecule is CCc1ccc(NC(=O)CN2C(=O)S/C(=C/c3cn(Cc4c(F)cccc4Cl)c4ccccc34)C2=O)cc1. The molecule has 0 spiro atoms. The predicted molar refractivity (Wildman–Crippen MR) is 150 cm³/mol. The minimum Gasteiger partial charge on any atom is -0.342 e. The number of fused-ring (bicyclic) bond motifs is 1. The van der Waals surface area contributed by atoms with Gasteiger partial charge in [-0.2, -0.15) is 0 Å². The smallest absolute Gasteiger partial charge is 0.294 e. The fourth-order valence-corrected chi connectivity index (χ4v) is 5.37. The number of hydrogen-bond donors (Lipinski definition) is 1. The first kappa shape index (κ1) is 25.8. The van der Waals surface area contributed by atoms with E-state index in [-0.39, 0.29) is 18.0 Å². The monoisotopic (exact) mass is 547 g/mol. The molecule has 2 heterocycles. The third-order valence-electron chi connectivity index (χ3n) is 6.32. The lowest BCUT2D eigenvalue weighted by molar-refractivity contribution is -0.127. The highest BCUT2D eigenvalue weighted by atomic mass is 35.5. The Labute approximate surface area is 228 Å². The van der Waals surface area contributed by atoms with Gasteiger partial charge in [0.05, 0.1) is 11.4 Å². The molecular weight excluding hydrogens is 525 g/mol. The number of imide groups is 1. The molecule has 1 aliphatic rings. The lowest BCUT2D eigenvalue weighted by Gasteiger charge is -2.12. The highest BCUT2D eigenvalue weighted by Crippen LogP contribution is 2.34. The van der Waals surface area contributed by atoms with Gasteiger partial charge < -0.3 is 9.88 Å². The third kappa shape index (κ3) is 5.23. The molecule has 0 atom stereocenters. The van der Waals surface area contributed by atoms with Crippen molar-refractivity contribution >= 4 is 63.1 Å². The molecule has 0 aliphatic carbocycles. The van der Waals surface area contributed by atoms with Crippen LogP contribution in [0.25, 0.3) is 17.0 Å². The van der Waals surface area contributed by atoms with E-state index in [2.05, 4.69) is 5.32 Å². The Kier molecular flexibility index (Phi) is 7.35. The second-order valence-corrected chi connectivity index (χ2v) is 10.2. The summed E-state index contributed by atoms with van der Waals surface area (Å²) in [6.45, 7) is 1.85. The molecule has 0 radical (unpaired) electrons. The maximum atomic E-state index is 14.5. The van der Waals surface area contributed by atoms with Crippen molar-refractivity contribution in [2.45, 2.75) is 19.9 Å². The first-order valence-corrected chi connectivity index (χ1v) is 13.2. The minimum absolute atomic E-state index is 0.195. The summed E-state index contributed by atoms with van der Waals surface area (Å²) in [6, 6.07) is 19.5. The first-order valence-electron chi connectivity index (χ1n) is 12.0. The standard InChI is InChI=1S/C29H23ClFN3O3S/c1-2-18-10-12-20(13-11-18)32-27(35)17-34-28(36)26(38-29(34)37)14-19-15-33(25-9-4-3-6-21(19)25)16-22-23(30)7-5-8-24(22)31/h3-15H,2,16-17H2,1H3,(H,32,35)/b26-14+. The number of nitrogens with zero attached hydrogens (tertiary/aromatic N) is 2. The Bertz CT molecular complexity index is 1580. The second kappa shape index (κ2) is 10.8. The van der Waals surface area contributed by atoms with E-state index in [0.717, 1.165) is 39.5 Å². The summed E-state index contributed by atoms with van der Waals surface area (Å²) < 4.78 is 16.3.